The molecule has 8 heteroatoms. The largest absolute Gasteiger partial charge is 0.379 e. The molecule has 166 valence electrons. The molecule has 2 aliphatic heterocycles. The summed E-state index contributed by atoms with van der Waals surface area (Å²) in [5, 5.41) is 0. The van der Waals surface area contributed by atoms with Gasteiger partial charge in [0.15, 0.2) is 0 Å². The van der Waals surface area contributed by atoms with Gasteiger partial charge in [-0.05, 0) is 24.3 Å². The average molecular weight is 427 g/mol. The molecule has 2 saturated heterocycles. The SMILES string of the molecule is O=C(Cn1c(=O)ccn(Cc2ccccc2)c1=O)N1CCC(CN2CCOCC2)CC1. The number of morpholine rings is 1. The third kappa shape index (κ3) is 5.51. The first-order valence-electron chi connectivity index (χ1n) is 11.0. The summed E-state index contributed by atoms with van der Waals surface area (Å²) in [6, 6.07) is 10.9. The molecule has 4 rings (SSSR count). The van der Waals surface area contributed by atoms with Gasteiger partial charge in [-0.25, -0.2) is 4.79 Å². The molecular formula is C23H30N4O4. The van der Waals surface area contributed by atoms with Crippen LogP contribution >= 0.6 is 0 Å². The summed E-state index contributed by atoms with van der Waals surface area (Å²) in [4.78, 5) is 42.2. The Hall–Kier alpha value is -2.71. The minimum absolute atomic E-state index is 0.165. The third-order valence-corrected chi connectivity index (χ3v) is 6.22. The van der Waals surface area contributed by atoms with E-state index in [0.717, 1.165) is 55.8 Å². The third-order valence-electron chi connectivity index (χ3n) is 6.22. The average Bonchev–Trinajstić information content (AvgIpc) is 2.80. The first-order valence-corrected chi connectivity index (χ1v) is 11.0. The lowest BCUT2D eigenvalue weighted by Gasteiger charge is -2.36. The molecule has 1 aromatic carbocycles. The molecule has 8 nitrogen and oxygen atoms in total. The van der Waals surface area contributed by atoms with Crippen molar-refractivity contribution in [2.45, 2.75) is 25.9 Å². The number of hydrogen-bond donors (Lipinski definition) is 0. The Labute approximate surface area is 181 Å². The van der Waals surface area contributed by atoms with Gasteiger partial charge in [0.1, 0.15) is 6.54 Å². The number of ether oxygens (including phenoxy) is 1. The van der Waals surface area contributed by atoms with Gasteiger partial charge in [-0.1, -0.05) is 30.3 Å². The molecular weight excluding hydrogens is 396 g/mol. The van der Waals surface area contributed by atoms with E-state index in [0.29, 0.717) is 25.6 Å². The van der Waals surface area contributed by atoms with E-state index in [4.69, 9.17) is 4.74 Å². The smallest absolute Gasteiger partial charge is 0.331 e. The summed E-state index contributed by atoms with van der Waals surface area (Å²) in [6.45, 7) is 6.10. The van der Waals surface area contributed by atoms with Crippen molar-refractivity contribution in [1.82, 2.24) is 18.9 Å². The van der Waals surface area contributed by atoms with Crippen LogP contribution in [-0.2, 0) is 22.6 Å². The second-order valence-electron chi connectivity index (χ2n) is 8.37. The number of benzene rings is 1. The van der Waals surface area contributed by atoms with Crippen LogP contribution in [0.25, 0.3) is 0 Å². The zero-order valence-electron chi connectivity index (χ0n) is 17.8. The molecule has 2 aromatic rings. The van der Waals surface area contributed by atoms with Crippen molar-refractivity contribution in [3.63, 3.8) is 0 Å². The molecule has 0 saturated carbocycles. The van der Waals surface area contributed by atoms with Gasteiger partial charge in [0, 0.05) is 45.0 Å². The van der Waals surface area contributed by atoms with Crippen molar-refractivity contribution >= 4 is 5.91 Å². The fourth-order valence-electron chi connectivity index (χ4n) is 4.35. The first-order chi connectivity index (χ1) is 15.1. The Morgan fingerprint density at radius 2 is 1.68 bits per heavy atom. The minimum atomic E-state index is -0.452. The maximum Gasteiger partial charge on any atom is 0.331 e. The number of likely N-dealkylation sites (tertiary alicyclic amines) is 1. The summed E-state index contributed by atoms with van der Waals surface area (Å²) < 4.78 is 7.92. The topological polar surface area (TPSA) is 76.8 Å². The van der Waals surface area contributed by atoms with Crippen molar-refractivity contribution < 1.29 is 9.53 Å². The number of rotatable bonds is 6. The molecule has 2 aliphatic rings. The maximum absolute atomic E-state index is 12.8. The number of carbonyl (C=O) groups is 1. The molecule has 0 N–H and O–H groups in total. The summed E-state index contributed by atoms with van der Waals surface area (Å²) >= 11 is 0. The van der Waals surface area contributed by atoms with E-state index in [1.807, 2.05) is 30.3 Å². The van der Waals surface area contributed by atoms with E-state index in [1.165, 1.54) is 16.8 Å². The zero-order chi connectivity index (χ0) is 21.6. The summed E-state index contributed by atoms with van der Waals surface area (Å²) in [5.41, 5.74) is 0.0697. The van der Waals surface area contributed by atoms with Gasteiger partial charge < -0.3 is 9.64 Å². The molecule has 0 radical (unpaired) electrons. The first kappa shape index (κ1) is 21.5. The van der Waals surface area contributed by atoms with Crippen molar-refractivity contribution in [3.8, 4) is 0 Å². The van der Waals surface area contributed by atoms with Crippen LogP contribution in [0.1, 0.15) is 18.4 Å². The number of piperidine rings is 1. The highest BCUT2D eigenvalue weighted by molar-refractivity contribution is 5.76. The van der Waals surface area contributed by atoms with Crippen LogP contribution in [0.2, 0.25) is 0 Å². The van der Waals surface area contributed by atoms with E-state index in [1.54, 1.807) is 4.90 Å². The van der Waals surface area contributed by atoms with E-state index in [-0.39, 0.29) is 12.5 Å². The van der Waals surface area contributed by atoms with Gasteiger partial charge in [0.2, 0.25) is 5.91 Å². The minimum Gasteiger partial charge on any atom is -0.379 e. The lowest BCUT2D eigenvalue weighted by molar-refractivity contribution is -0.133. The monoisotopic (exact) mass is 426 g/mol. The van der Waals surface area contributed by atoms with Crippen LogP contribution < -0.4 is 11.2 Å². The van der Waals surface area contributed by atoms with Crippen molar-refractivity contribution in [2.24, 2.45) is 5.92 Å². The number of carbonyl (C=O) groups excluding carboxylic acids is 1. The van der Waals surface area contributed by atoms with Gasteiger partial charge >= 0.3 is 5.69 Å². The van der Waals surface area contributed by atoms with E-state index < -0.39 is 11.2 Å². The highest BCUT2D eigenvalue weighted by atomic mass is 16.5. The standard InChI is InChI=1S/C23H30N4O4/c28-21-8-11-26(17-19-4-2-1-3-5-19)23(30)27(21)18-22(29)25-9-6-20(7-10-25)16-24-12-14-31-15-13-24/h1-5,8,11,20H,6-7,9-10,12-18H2. The molecule has 0 unspecified atom stereocenters. The van der Waals surface area contributed by atoms with Gasteiger partial charge in [0.25, 0.3) is 5.56 Å². The Morgan fingerprint density at radius 1 is 0.968 bits per heavy atom. The van der Waals surface area contributed by atoms with E-state index in [2.05, 4.69) is 4.90 Å². The molecule has 31 heavy (non-hydrogen) atoms. The van der Waals surface area contributed by atoms with Gasteiger partial charge in [0.05, 0.1) is 19.8 Å². The van der Waals surface area contributed by atoms with Crippen molar-refractivity contribution in [3.05, 3.63) is 69.0 Å². The number of nitrogens with zero attached hydrogens (tertiary/aromatic N) is 4. The normalized spacial score (nSPS) is 18.3. The highest BCUT2D eigenvalue weighted by Crippen LogP contribution is 2.19. The Morgan fingerprint density at radius 3 is 2.39 bits per heavy atom. The zero-order valence-corrected chi connectivity index (χ0v) is 17.8. The predicted octanol–water partition coefficient (Wildman–Crippen LogP) is 0.629. The number of hydrogen-bond acceptors (Lipinski definition) is 5. The lowest BCUT2D eigenvalue weighted by Crippen LogP contribution is -2.47. The second kappa shape index (κ2) is 10.1. The van der Waals surface area contributed by atoms with E-state index >= 15 is 0 Å². The molecule has 0 aliphatic carbocycles. The molecule has 1 aromatic heterocycles. The molecule has 0 spiro atoms. The molecule has 0 atom stereocenters. The van der Waals surface area contributed by atoms with Crippen LogP contribution in [0, 0.1) is 5.92 Å². The fourth-order valence-corrected chi connectivity index (χ4v) is 4.35. The second-order valence-corrected chi connectivity index (χ2v) is 8.37. The van der Waals surface area contributed by atoms with Crippen LogP contribution in [0.5, 0.6) is 0 Å². The Bertz CT molecular complexity index is 987. The van der Waals surface area contributed by atoms with Gasteiger partial charge in [-0.2, -0.15) is 0 Å². The fraction of sp³-hybridized carbons (Fsp3) is 0.522. The molecule has 1 amide bonds. The Kier molecular flexibility index (Phi) is 6.99. The summed E-state index contributed by atoms with van der Waals surface area (Å²) in [6.07, 6.45) is 3.39. The molecule has 2 fully saturated rings. The number of aromatic nitrogens is 2. The van der Waals surface area contributed by atoms with Crippen molar-refractivity contribution in [1.29, 1.82) is 0 Å². The van der Waals surface area contributed by atoms with Crippen molar-refractivity contribution in [2.75, 3.05) is 45.9 Å². The molecule has 0 bridgehead atoms. The van der Waals surface area contributed by atoms with Crippen LogP contribution in [0.3, 0.4) is 0 Å². The predicted molar refractivity (Wildman–Crippen MR) is 117 cm³/mol. The number of amides is 1. The summed E-state index contributed by atoms with van der Waals surface area (Å²) in [5.74, 6) is 0.409. The van der Waals surface area contributed by atoms with Crippen LogP contribution in [0.4, 0.5) is 0 Å². The van der Waals surface area contributed by atoms with Crippen LogP contribution in [0.15, 0.2) is 52.2 Å². The van der Waals surface area contributed by atoms with Gasteiger partial charge in [-0.15, -0.1) is 0 Å². The Balaban J connectivity index is 1.36. The quantitative estimate of drug-likeness (QED) is 0.677. The lowest BCUT2D eigenvalue weighted by atomic mass is 9.96. The summed E-state index contributed by atoms with van der Waals surface area (Å²) in [7, 11) is 0. The van der Waals surface area contributed by atoms with Crippen LogP contribution in [-0.4, -0.2) is 70.8 Å². The van der Waals surface area contributed by atoms with E-state index in [9.17, 15) is 14.4 Å². The highest BCUT2D eigenvalue weighted by Gasteiger charge is 2.25. The maximum atomic E-state index is 12.8. The van der Waals surface area contributed by atoms with Gasteiger partial charge in [-0.3, -0.25) is 23.6 Å². The molecule has 3 heterocycles.